The van der Waals surface area contributed by atoms with E-state index in [1.165, 1.54) is 6.92 Å². The van der Waals surface area contributed by atoms with Gasteiger partial charge in [-0.25, -0.2) is 0 Å². The second-order valence-electron chi connectivity index (χ2n) is 7.39. The quantitative estimate of drug-likeness (QED) is 0.434. The number of carbonyl (C=O) groups excluding carboxylic acids is 1. The van der Waals surface area contributed by atoms with Crippen LogP contribution in [0.2, 0.25) is 0 Å². The standard InChI is InChI=1S/C24H26N2O5/c1-5-16-8-9-19-17(12-16)15(4)22(31-19)21(27)20-14(3)18(13-25)23(28)26(24(20)29)10-7-11-30-6-2/h8-9,12,29H,5-7,10-11H2,1-4H3. The van der Waals surface area contributed by atoms with Crippen LogP contribution in [0.3, 0.4) is 0 Å². The van der Waals surface area contributed by atoms with E-state index in [4.69, 9.17) is 9.15 Å². The molecule has 2 aromatic heterocycles. The number of ether oxygens (including phenoxy) is 1. The average molecular weight is 422 g/mol. The van der Waals surface area contributed by atoms with Crippen molar-refractivity contribution in [2.45, 2.75) is 47.1 Å². The second-order valence-corrected chi connectivity index (χ2v) is 7.39. The van der Waals surface area contributed by atoms with Gasteiger partial charge in [-0.2, -0.15) is 5.26 Å². The third-order valence-electron chi connectivity index (χ3n) is 5.52. The molecule has 0 bridgehead atoms. The molecule has 0 aliphatic carbocycles. The number of benzene rings is 1. The Morgan fingerprint density at radius 2 is 2.00 bits per heavy atom. The Morgan fingerprint density at radius 3 is 2.65 bits per heavy atom. The van der Waals surface area contributed by atoms with Gasteiger partial charge in [0.2, 0.25) is 11.7 Å². The van der Waals surface area contributed by atoms with E-state index in [1.54, 1.807) is 6.92 Å². The van der Waals surface area contributed by atoms with Crippen molar-refractivity contribution in [3.63, 3.8) is 0 Å². The maximum Gasteiger partial charge on any atom is 0.271 e. The van der Waals surface area contributed by atoms with Crippen molar-refractivity contribution in [3.8, 4) is 11.9 Å². The van der Waals surface area contributed by atoms with Crippen molar-refractivity contribution in [1.82, 2.24) is 4.57 Å². The van der Waals surface area contributed by atoms with Crippen molar-refractivity contribution >= 4 is 16.8 Å². The number of aryl methyl sites for hydroxylation is 2. The predicted molar refractivity (Wildman–Crippen MR) is 117 cm³/mol. The van der Waals surface area contributed by atoms with Crippen molar-refractivity contribution in [3.05, 3.63) is 62.1 Å². The number of ketones is 1. The summed E-state index contributed by atoms with van der Waals surface area (Å²) in [7, 11) is 0. The van der Waals surface area contributed by atoms with Crippen LogP contribution in [0.1, 0.15) is 58.6 Å². The smallest absolute Gasteiger partial charge is 0.271 e. The van der Waals surface area contributed by atoms with E-state index in [-0.39, 0.29) is 29.0 Å². The van der Waals surface area contributed by atoms with Crippen molar-refractivity contribution in [1.29, 1.82) is 5.26 Å². The number of aromatic nitrogens is 1. The predicted octanol–water partition coefficient (Wildman–Crippen LogP) is 4.01. The van der Waals surface area contributed by atoms with Gasteiger partial charge >= 0.3 is 0 Å². The molecular formula is C24H26N2O5. The Bertz CT molecular complexity index is 1240. The van der Waals surface area contributed by atoms with Gasteiger partial charge in [0.15, 0.2) is 5.76 Å². The Hall–Kier alpha value is -3.37. The number of rotatable bonds is 8. The molecule has 7 heteroatoms. The van der Waals surface area contributed by atoms with Gasteiger partial charge in [-0.3, -0.25) is 14.2 Å². The molecular weight excluding hydrogens is 396 g/mol. The van der Waals surface area contributed by atoms with Crippen LogP contribution in [0, 0.1) is 25.2 Å². The van der Waals surface area contributed by atoms with Gasteiger partial charge in [-0.05, 0) is 56.9 Å². The molecule has 0 unspecified atom stereocenters. The Balaban J connectivity index is 2.14. The number of furan rings is 1. The fraction of sp³-hybridized carbons (Fsp3) is 0.375. The lowest BCUT2D eigenvalue weighted by molar-refractivity contribution is 0.100. The summed E-state index contributed by atoms with van der Waals surface area (Å²) in [5.41, 5.74) is 1.60. The number of fused-ring (bicyclic) bond motifs is 1. The monoisotopic (exact) mass is 422 g/mol. The normalized spacial score (nSPS) is 11.1. The number of nitrogens with zero attached hydrogens (tertiary/aromatic N) is 2. The molecule has 0 saturated heterocycles. The third kappa shape index (κ3) is 3.99. The minimum Gasteiger partial charge on any atom is -0.494 e. The lowest BCUT2D eigenvalue weighted by atomic mass is 9.98. The molecule has 0 atom stereocenters. The number of hydrogen-bond acceptors (Lipinski definition) is 6. The summed E-state index contributed by atoms with van der Waals surface area (Å²) in [5, 5.41) is 21.2. The van der Waals surface area contributed by atoms with Crippen LogP contribution in [-0.2, 0) is 17.7 Å². The topological polar surface area (TPSA) is 105 Å². The van der Waals surface area contributed by atoms with E-state index in [0.717, 1.165) is 21.9 Å². The highest BCUT2D eigenvalue weighted by molar-refractivity contribution is 6.12. The summed E-state index contributed by atoms with van der Waals surface area (Å²) in [4.78, 5) is 26.1. The van der Waals surface area contributed by atoms with Crippen molar-refractivity contribution < 1.29 is 19.1 Å². The Morgan fingerprint density at radius 1 is 1.26 bits per heavy atom. The number of hydrogen-bond donors (Lipinski definition) is 1. The zero-order valence-corrected chi connectivity index (χ0v) is 18.2. The Labute approximate surface area is 180 Å². The van der Waals surface area contributed by atoms with Crippen LogP contribution in [0.5, 0.6) is 5.88 Å². The van der Waals surface area contributed by atoms with Crippen LogP contribution in [0.15, 0.2) is 27.4 Å². The maximum absolute atomic E-state index is 13.4. The van der Waals surface area contributed by atoms with Gasteiger partial charge in [0.05, 0.1) is 5.56 Å². The molecule has 3 rings (SSSR count). The van der Waals surface area contributed by atoms with Gasteiger partial charge in [0, 0.05) is 30.7 Å². The molecule has 1 N–H and O–H groups in total. The van der Waals surface area contributed by atoms with Gasteiger partial charge in [0.1, 0.15) is 17.2 Å². The van der Waals surface area contributed by atoms with Gasteiger partial charge in [-0.1, -0.05) is 13.0 Å². The first-order valence-electron chi connectivity index (χ1n) is 10.4. The lowest BCUT2D eigenvalue weighted by Gasteiger charge is -2.15. The van der Waals surface area contributed by atoms with Crippen molar-refractivity contribution in [2.24, 2.45) is 0 Å². The molecule has 1 aromatic carbocycles. The second kappa shape index (κ2) is 9.19. The summed E-state index contributed by atoms with van der Waals surface area (Å²) in [6.07, 6.45) is 1.30. The highest BCUT2D eigenvalue weighted by Gasteiger charge is 2.28. The first-order valence-corrected chi connectivity index (χ1v) is 10.4. The van der Waals surface area contributed by atoms with E-state index in [9.17, 15) is 20.0 Å². The third-order valence-corrected chi connectivity index (χ3v) is 5.52. The lowest BCUT2D eigenvalue weighted by Crippen LogP contribution is -2.27. The molecule has 3 aromatic rings. The van der Waals surface area contributed by atoms with Crippen LogP contribution in [-0.4, -0.2) is 28.7 Å². The average Bonchev–Trinajstić information content (AvgIpc) is 3.09. The number of aromatic hydroxyl groups is 1. The first-order chi connectivity index (χ1) is 14.8. The summed E-state index contributed by atoms with van der Waals surface area (Å²) in [6.45, 7) is 8.23. The number of pyridine rings is 1. The zero-order chi connectivity index (χ0) is 22.7. The summed E-state index contributed by atoms with van der Waals surface area (Å²) >= 11 is 0. The van der Waals surface area contributed by atoms with Crippen molar-refractivity contribution in [2.75, 3.05) is 13.2 Å². The molecule has 0 aliphatic heterocycles. The number of carbonyl (C=O) groups is 1. The fourth-order valence-electron chi connectivity index (χ4n) is 3.72. The molecule has 0 fully saturated rings. The van der Waals surface area contributed by atoms with E-state index in [0.29, 0.717) is 30.8 Å². The maximum atomic E-state index is 13.4. The molecule has 7 nitrogen and oxygen atoms in total. The van der Waals surface area contributed by atoms with Gasteiger partial charge in [-0.15, -0.1) is 0 Å². The van der Waals surface area contributed by atoms with Gasteiger partial charge in [0.25, 0.3) is 5.56 Å². The molecule has 0 spiro atoms. The molecule has 0 saturated carbocycles. The number of nitriles is 1. The summed E-state index contributed by atoms with van der Waals surface area (Å²) in [5.74, 6) is -0.932. The largest absolute Gasteiger partial charge is 0.494 e. The summed E-state index contributed by atoms with van der Waals surface area (Å²) < 4.78 is 12.2. The van der Waals surface area contributed by atoms with E-state index in [2.05, 4.69) is 0 Å². The van der Waals surface area contributed by atoms with Crippen LogP contribution < -0.4 is 5.56 Å². The van der Waals surface area contributed by atoms with E-state index >= 15 is 0 Å². The molecule has 0 radical (unpaired) electrons. The molecule has 2 heterocycles. The highest BCUT2D eigenvalue weighted by Crippen LogP contribution is 2.31. The van der Waals surface area contributed by atoms with Crippen LogP contribution in [0.4, 0.5) is 0 Å². The Kier molecular flexibility index (Phi) is 6.62. The zero-order valence-electron chi connectivity index (χ0n) is 18.2. The van der Waals surface area contributed by atoms with Crippen LogP contribution >= 0.6 is 0 Å². The minimum absolute atomic E-state index is 0.0880. The van der Waals surface area contributed by atoms with E-state index < -0.39 is 17.2 Å². The fourth-order valence-corrected chi connectivity index (χ4v) is 3.72. The van der Waals surface area contributed by atoms with Crippen LogP contribution in [0.25, 0.3) is 11.0 Å². The molecule has 0 aliphatic rings. The first kappa shape index (κ1) is 22.3. The SMILES string of the molecule is CCOCCCn1c(O)c(C(=O)c2oc3ccc(CC)cc3c2C)c(C)c(C#N)c1=O. The molecule has 31 heavy (non-hydrogen) atoms. The summed E-state index contributed by atoms with van der Waals surface area (Å²) in [6, 6.07) is 7.61. The highest BCUT2D eigenvalue weighted by atomic mass is 16.5. The molecule has 0 amide bonds. The molecule has 162 valence electrons. The van der Waals surface area contributed by atoms with Gasteiger partial charge < -0.3 is 14.3 Å². The van der Waals surface area contributed by atoms with E-state index in [1.807, 2.05) is 38.1 Å². The minimum atomic E-state index is -0.625.